The van der Waals surface area contributed by atoms with Gasteiger partial charge in [-0.1, -0.05) is 15.9 Å². The van der Waals surface area contributed by atoms with E-state index in [0.29, 0.717) is 13.0 Å². The molecule has 3 nitrogen and oxygen atoms in total. The predicted molar refractivity (Wildman–Crippen MR) is 70.7 cm³/mol. The summed E-state index contributed by atoms with van der Waals surface area (Å²) in [5.41, 5.74) is 0. The first kappa shape index (κ1) is 15.9. The molecule has 0 heterocycles. The summed E-state index contributed by atoms with van der Waals surface area (Å²) in [5.74, 6) is -0.0667. The summed E-state index contributed by atoms with van der Waals surface area (Å²) in [5, 5.41) is 1.08. The van der Waals surface area contributed by atoms with Crippen LogP contribution in [-0.2, 0) is 9.53 Å². The maximum absolute atomic E-state index is 11.2. The van der Waals surface area contributed by atoms with Gasteiger partial charge in [-0.3, -0.25) is 4.79 Å². The van der Waals surface area contributed by atoms with Crippen molar-refractivity contribution in [2.45, 2.75) is 32.6 Å². The molecule has 0 N–H and O–H groups in total. The highest BCUT2D eigenvalue weighted by Gasteiger charge is 2.14. The van der Waals surface area contributed by atoms with Gasteiger partial charge in [-0.15, -0.1) is 0 Å². The first-order valence-corrected chi connectivity index (χ1v) is 7.17. The topological polar surface area (TPSA) is 26.3 Å². The Morgan fingerprint density at radius 2 is 1.81 bits per heavy atom. The molecule has 0 aliphatic carbocycles. The normalized spacial score (nSPS) is 11.5. The van der Waals surface area contributed by atoms with Crippen LogP contribution in [0.4, 0.5) is 0 Å². The Morgan fingerprint density at radius 1 is 1.19 bits per heavy atom. The molecule has 0 aliphatic rings. The lowest BCUT2D eigenvalue weighted by atomic mass is 10.2. The lowest BCUT2D eigenvalue weighted by Gasteiger charge is -2.29. The van der Waals surface area contributed by atoms with Crippen molar-refractivity contribution in [3.63, 3.8) is 0 Å². The van der Waals surface area contributed by atoms with Crippen LogP contribution in [-0.4, -0.2) is 49.6 Å². The number of rotatable bonds is 9. The zero-order chi connectivity index (χ0) is 12.4. The third-order valence-electron chi connectivity index (χ3n) is 2.60. The van der Waals surface area contributed by atoms with E-state index in [4.69, 9.17) is 4.74 Å². The molecule has 0 radical (unpaired) electrons. The molecule has 0 aromatic rings. The standard InChI is InChI=1S/C12H25BrNO2/c1-4-16-12(15)8-7-11-14(2,3)10-6-5-9-13/h4-11H2,1-3H3/q+1. The maximum Gasteiger partial charge on any atom is 0.305 e. The minimum absolute atomic E-state index is 0.0667. The van der Waals surface area contributed by atoms with Crippen molar-refractivity contribution in [2.75, 3.05) is 39.1 Å². The molecule has 0 atom stereocenters. The Bertz CT molecular complexity index is 195. The fourth-order valence-electron chi connectivity index (χ4n) is 1.63. The summed E-state index contributed by atoms with van der Waals surface area (Å²) in [7, 11) is 4.44. The molecule has 0 bridgehead atoms. The van der Waals surface area contributed by atoms with E-state index >= 15 is 0 Å². The largest absolute Gasteiger partial charge is 0.466 e. The number of halogens is 1. The number of ether oxygens (including phenoxy) is 1. The van der Waals surface area contributed by atoms with Crippen LogP contribution < -0.4 is 0 Å². The number of esters is 1. The van der Waals surface area contributed by atoms with Gasteiger partial charge in [-0.05, 0) is 19.8 Å². The quantitative estimate of drug-likeness (QED) is 0.283. The zero-order valence-electron chi connectivity index (χ0n) is 10.8. The highest BCUT2D eigenvalue weighted by atomic mass is 79.9. The second-order valence-electron chi connectivity index (χ2n) is 4.69. The van der Waals surface area contributed by atoms with Gasteiger partial charge in [-0.2, -0.15) is 0 Å². The first-order valence-electron chi connectivity index (χ1n) is 6.05. The van der Waals surface area contributed by atoms with Gasteiger partial charge < -0.3 is 9.22 Å². The van der Waals surface area contributed by atoms with E-state index in [2.05, 4.69) is 30.0 Å². The molecule has 16 heavy (non-hydrogen) atoms. The average Bonchev–Trinajstić information content (AvgIpc) is 2.18. The van der Waals surface area contributed by atoms with Crippen LogP contribution in [0.1, 0.15) is 32.6 Å². The number of hydrogen-bond acceptors (Lipinski definition) is 2. The predicted octanol–water partition coefficient (Wildman–Crippen LogP) is 2.58. The summed E-state index contributed by atoms with van der Waals surface area (Å²) < 4.78 is 5.90. The van der Waals surface area contributed by atoms with Crippen LogP contribution in [0.2, 0.25) is 0 Å². The van der Waals surface area contributed by atoms with Crippen molar-refractivity contribution in [1.82, 2.24) is 0 Å². The highest BCUT2D eigenvalue weighted by molar-refractivity contribution is 9.09. The van der Waals surface area contributed by atoms with Crippen molar-refractivity contribution >= 4 is 21.9 Å². The third kappa shape index (κ3) is 9.16. The molecule has 0 aromatic heterocycles. The van der Waals surface area contributed by atoms with Crippen molar-refractivity contribution in [2.24, 2.45) is 0 Å². The molecule has 4 heteroatoms. The summed E-state index contributed by atoms with van der Waals surface area (Å²) in [6.45, 7) is 4.55. The Morgan fingerprint density at radius 3 is 2.38 bits per heavy atom. The number of quaternary nitrogens is 1. The van der Waals surface area contributed by atoms with Crippen molar-refractivity contribution in [3.8, 4) is 0 Å². The van der Waals surface area contributed by atoms with E-state index in [9.17, 15) is 4.79 Å². The molecule has 0 amide bonds. The van der Waals surface area contributed by atoms with Crippen LogP contribution in [0, 0.1) is 0 Å². The molecule has 0 unspecified atom stereocenters. The van der Waals surface area contributed by atoms with Crippen LogP contribution in [0.25, 0.3) is 0 Å². The number of carbonyl (C=O) groups is 1. The minimum Gasteiger partial charge on any atom is -0.466 e. The van der Waals surface area contributed by atoms with Gasteiger partial charge >= 0.3 is 5.97 Å². The molecular weight excluding hydrogens is 270 g/mol. The van der Waals surface area contributed by atoms with E-state index in [1.54, 1.807) is 0 Å². The maximum atomic E-state index is 11.2. The molecule has 96 valence electrons. The van der Waals surface area contributed by atoms with E-state index in [1.807, 2.05) is 6.92 Å². The fraction of sp³-hybridized carbons (Fsp3) is 0.917. The average molecular weight is 295 g/mol. The number of alkyl halides is 1. The molecule has 0 rings (SSSR count). The van der Waals surface area contributed by atoms with Gasteiger partial charge in [0.25, 0.3) is 0 Å². The zero-order valence-corrected chi connectivity index (χ0v) is 12.4. The van der Waals surface area contributed by atoms with Crippen LogP contribution in [0.15, 0.2) is 0 Å². The molecule has 0 saturated carbocycles. The molecule has 0 fully saturated rings. The first-order chi connectivity index (χ1) is 7.52. The second-order valence-corrected chi connectivity index (χ2v) is 5.48. The van der Waals surface area contributed by atoms with Gasteiger partial charge in [-0.25, -0.2) is 0 Å². The van der Waals surface area contributed by atoms with Gasteiger partial charge in [0.1, 0.15) is 0 Å². The number of hydrogen-bond donors (Lipinski definition) is 0. The fourth-order valence-corrected chi connectivity index (χ4v) is 2.03. The molecule has 0 spiro atoms. The van der Waals surface area contributed by atoms with Gasteiger partial charge in [0.05, 0.1) is 40.2 Å². The van der Waals surface area contributed by atoms with Crippen molar-refractivity contribution in [1.29, 1.82) is 0 Å². The van der Waals surface area contributed by atoms with Crippen molar-refractivity contribution < 1.29 is 14.0 Å². The SMILES string of the molecule is CCOC(=O)CCC[N+](C)(C)CCCCBr. The lowest BCUT2D eigenvalue weighted by Crippen LogP contribution is -2.41. The Balaban J connectivity index is 3.60. The Hall–Kier alpha value is -0.0900. The Kier molecular flexibility index (Phi) is 8.94. The number of nitrogens with zero attached hydrogens (tertiary/aromatic N) is 1. The van der Waals surface area contributed by atoms with Gasteiger partial charge in [0.2, 0.25) is 0 Å². The van der Waals surface area contributed by atoms with Crippen LogP contribution in [0.3, 0.4) is 0 Å². The number of unbranched alkanes of at least 4 members (excludes halogenated alkanes) is 1. The van der Waals surface area contributed by atoms with E-state index < -0.39 is 0 Å². The molecule has 0 saturated heterocycles. The van der Waals surface area contributed by atoms with Gasteiger partial charge in [0, 0.05) is 11.8 Å². The molecule has 0 aromatic carbocycles. The van der Waals surface area contributed by atoms with Crippen LogP contribution >= 0.6 is 15.9 Å². The molecular formula is C12H25BrNO2+. The summed E-state index contributed by atoms with van der Waals surface area (Å²) in [6.07, 6.45) is 3.92. The minimum atomic E-state index is -0.0667. The second kappa shape index (κ2) is 8.99. The van der Waals surface area contributed by atoms with E-state index in [0.717, 1.165) is 22.8 Å². The summed E-state index contributed by atoms with van der Waals surface area (Å²) in [4.78, 5) is 11.2. The Labute approximate surface area is 108 Å². The lowest BCUT2D eigenvalue weighted by molar-refractivity contribution is -0.890. The van der Waals surface area contributed by atoms with Gasteiger partial charge in [0.15, 0.2) is 0 Å². The number of carbonyl (C=O) groups excluding carboxylic acids is 1. The van der Waals surface area contributed by atoms with E-state index in [-0.39, 0.29) is 5.97 Å². The summed E-state index contributed by atoms with van der Waals surface area (Å²) in [6, 6.07) is 0. The smallest absolute Gasteiger partial charge is 0.305 e. The van der Waals surface area contributed by atoms with E-state index in [1.165, 1.54) is 19.4 Å². The summed E-state index contributed by atoms with van der Waals surface area (Å²) >= 11 is 3.44. The monoisotopic (exact) mass is 294 g/mol. The molecule has 0 aliphatic heterocycles. The van der Waals surface area contributed by atoms with Crippen LogP contribution in [0.5, 0.6) is 0 Å². The van der Waals surface area contributed by atoms with Crippen molar-refractivity contribution in [3.05, 3.63) is 0 Å². The third-order valence-corrected chi connectivity index (χ3v) is 3.16. The highest BCUT2D eigenvalue weighted by Crippen LogP contribution is 2.06.